The van der Waals surface area contributed by atoms with Crippen LogP contribution in [0.15, 0.2) is 42.9 Å². The fourth-order valence-electron chi connectivity index (χ4n) is 3.47. The molecule has 1 aliphatic rings. The monoisotopic (exact) mass is 369 g/mol. The molecule has 0 atom stereocenters. The van der Waals surface area contributed by atoms with Gasteiger partial charge < -0.3 is 9.47 Å². The molecule has 2 heterocycles. The summed E-state index contributed by atoms with van der Waals surface area (Å²) in [7, 11) is 1.85. The van der Waals surface area contributed by atoms with Crippen LogP contribution in [-0.2, 0) is 17.9 Å². The van der Waals surface area contributed by atoms with Crippen molar-refractivity contribution < 1.29 is 4.79 Å². The maximum atomic E-state index is 12.6. The molecule has 0 bridgehead atoms. The molecule has 0 spiro atoms. The minimum absolute atomic E-state index is 0.143. The van der Waals surface area contributed by atoms with Crippen LogP contribution in [-0.4, -0.2) is 65.0 Å². The van der Waals surface area contributed by atoms with Crippen molar-refractivity contribution >= 4 is 11.6 Å². The van der Waals surface area contributed by atoms with E-state index in [-0.39, 0.29) is 5.91 Å². The first kappa shape index (κ1) is 19.6. The maximum absolute atomic E-state index is 12.6. The van der Waals surface area contributed by atoms with Gasteiger partial charge in [-0.15, -0.1) is 0 Å². The van der Waals surface area contributed by atoms with Gasteiger partial charge >= 0.3 is 0 Å². The van der Waals surface area contributed by atoms with Gasteiger partial charge in [-0.05, 0) is 18.1 Å². The first-order valence-corrected chi connectivity index (χ1v) is 9.78. The maximum Gasteiger partial charge on any atom is 0.240 e. The number of amides is 1. The number of nitrogens with zero attached hydrogens (tertiary/aromatic N) is 5. The molecule has 0 radical (unpaired) electrons. The molecule has 0 aliphatic carbocycles. The average molecular weight is 370 g/mol. The highest BCUT2D eigenvalue weighted by Gasteiger charge is 2.21. The number of hydrogen-bond acceptors (Lipinski definition) is 4. The van der Waals surface area contributed by atoms with E-state index in [1.807, 2.05) is 49.9 Å². The van der Waals surface area contributed by atoms with Crippen LogP contribution in [0.1, 0.15) is 19.5 Å². The molecule has 3 rings (SSSR count). The van der Waals surface area contributed by atoms with Crippen LogP contribution in [0.5, 0.6) is 0 Å². The molecule has 6 nitrogen and oxygen atoms in total. The molecule has 1 fully saturated rings. The summed E-state index contributed by atoms with van der Waals surface area (Å²) in [4.78, 5) is 23.3. The first-order valence-electron chi connectivity index (χ1n) is 9.78. The predicted molar refractivity (Wildman–Crippen MR) is 109 cm³/mol. The molecule has 1 aromatic heterocycles. The summed E-state index contributed by atoms with van der Waals surface area (Å²) in [6, 6.07) is 9.82. The third-order valence-electron chi connectivity index (χ3n) is 5.09. The molecule has 0 unspecified atom stereocenters. The number of hydrogen-bond donors (Lipinski definition) is 0. The molecule has 6 heteroatoms. The van der Waals surface area contributed by atoms with Gasteiger partial charge in [-0.3, -0.25) is 14.6 Å². The van der Waals surface area contributed by atoms with E-state index < -0.39 is 0 Å². The number of para-hydroxylation sites is 1. The number of aromatic nitrogens is 2. The number of carbonyl (C=O) groups is 1. The minimum atomic E-state index is 0.143. The van der Waals surface area contributed by atoms with Gasteiger partial charge in [0.2, 0.25) is 5.91 Å². The highest BCUT2D eigenvalue weighted by Crippen LogP contribution is 2.13. The fourth-order valence-corrected chi connectivity index (χ4v) is 3.47. The van der Waals surface area contributed by atoms with E-state index in [1.165, 1.54) is 5.69 Å². The van der Waals surface area contributed by atoms with Crippen molar-refractivity contribution in [2.45, 2.75) is 26.9 Å². The quantitative estimate of drug-likeness (QED) is 0.751. The lowest BCUT2D eigenvalue weighted by Gasteiger charge is -2.35. The lowest BCUT2D eigenvalue weighted by atomic mass is 10.2. The number of carbonyl (C=O) groups excluding carboxylic acids is 1. The number of anilines is 1. The van der Waals surface area contributed by atoms with Gasteiger partial charge in [-0.2, -0.15) is 0 Å². The van der Waals surface area contributed by atoms with Crippen LogP contribution in [0.4, 0.5) is 5.69 Å². The minimum Gasteiger partial charge on any atom is -0.333 e. The van der Waals surface area contributed by atoms with Crippen LogP contribution < -0.4 is 4.90 Å². The Morgan fingerprint density at radius 2 is 1.78 bits per heavy atom. The van der Waals surface area contributed by atoms with E-state index in [1.54, 1.807) is 4.90 Å². The van der Waals surface area contributed by atoms with Crippen LogP contribution in [0, 0.1) is 5.92 Å². The van der Waals surface area contributed by atoms with Crippen LogP contribution in [0.3, 0.4) is 0 Å². The van der Waals surface area contributed by atoms with Crippen LogP contribution >= 0.6 is 0 Å². The van der Waals surface area contributed by atoms with E-state index >= 15 is 0 Å². The molecule has 1 saturated heterocycles. The molecule has 146 valence electrons. The van der Waals surface area contributed by atoms with E-state index in [0.717, 1.165) is 45.0 Å². The summed E-state index contributed by atoms with van der Waals surface area (Å²) < 4.78 is 2.26. The summed E-state index contributed by atoms with van der Waals surface area (Å²) in [5.74, 6) is 0.757. The highest BCUT2D eigenvalue weighted by molar-refractivity contribution is 5.94. The molecule has 0 N–H and O–H groups in total. The van der Waals surface area contributed by atoms with Crippen LogP contribution in [0.2, 0.25) is 0 Å². The number of rotatable bonds is 7. The van der Waals surface area contributed by atoms with Gasteiger partial charge in [0, 0.05) is 58.2 Å². The van der Waals surface area contributed by atoms with Crippen molar-refractivity contribution in [3.05, 3.63) is 48.5 Å². The van der Waals surface area contributed by atoms with Crippen molar-refractivity contribution in [2.24, 2.45) is 5.92 Å². The van der Waals surface area contributed by atoms with E-state index in [9.17, 15) is 4.79 Å². The molecule has 1 aliphatic heterocycles. The van der Waals surface area contributed by atoms with Crippen LogP contribution in [0.25, 0.3) is 0 Å². The van der Waals surface area contributed by atoms with Crippen molar-refractivity contribution in [3.63, 3.8) is 0 Å². The number of piperazine rings is 1. The molecule has 1 amide bonds. The summed E-state index contributed by atoms with van der Waals surface area (Å²) in [5.41, 5.74) is 2.22. The molecule has 27 heavy (non-hydrogen) atoms. The Labute approximate surface area is 162 Å². The number of imidazole rings is 1. The molecular weight excluding hydrogens is 338 g/mol. The normalized spacial score (nSPS) is 16.0. The average Bonchev–Trinajstić information content (AvgIpc) is 3.09. The van der Waals surface area contributed by atoms with Gasteiger partial charge in [0.1, 0.15) is 0 Å². The van der Waals surface area contributed by atoms with Crippen molar-refractivity contribution in [1.82, 2.24) is 19.4 Å². The van der Waals surface area contributed by atoms with Gasteiger partial charge in [0.25, 0.3) is 0 Å². The zero-order chi connectivity index (χ0) is 19.2. The lowest BCUT2D eigenvalue weighted by Crippen LogP contribution is -2.49. The summed E-state index contributed by atoms with van der Waals surface area (Å²) >= 11 is 0. The zero-order valence-corrected chi connectivity index (χ0v) is 16.7. The van der Waals surface area contributed by atoms with Crippen molar-refractivity contribution in [1.29, 1.82) is 0 Å². The third-order valence-corrected chi connectivity index (χ3v) is 5.09. The summed E-state index contributed by atoms with van der Waals surface area (Å²) in [5, 5.41) is 0. The topological polar surface area (TPSA) is 44.6 Å². The second kappa shape index (κ2) is 9.15. The number of likely N-dealkylation sites (N-methyl/N-ethyl adjacent to an activating group) is 1. The molecule has 0 saturated carbocycles. The largest absolute Gasteiger partial charge is 0.333 e. The SMILES string of the molecule is CC(C)Cn1cncc1CN1CCN(CC(=O)N(C)c2ccccc2)CC1. The first-order chi connectivity index (χ1) is 13.0. The van der Waals surface area contributed by atoms with E-state index in [2.05, 4.69) is 33.2 Å². The van der Waals surface area contributed by atoms with Crippen molar-refractivity contribution in [2.75, 3.05) is 44.7 Å². The van der Waals surface area contributed by atoms with Gasteiger partial charge in [-0.25, -0.2) is 4.98 Å². The highest BCUT2D eigenvalue weighted by atomic mass is 16.2. The second-order valence-electron chi connectivity index (χ2n) is 7.77. The van der Waals surface area contributed by atoms with E-state index in [4.69, 9.17) is 0 Å². The molecular formula is C21H31N5O. The molecule has 2 aromatic rings. The standard InChI is InChI=1S/C21H31N5O/c1-18(2)14-26-17-22-13-20(26)15-24-9-11-25(12-10-24)16-21(27)23(3)19-7-5-4-6-8-19/h4-8,13,17-18H,9-12,14-16H2,1-3H3. The Morgan fingerprint density at radius 1 is 1.11 bits per heavy atom. The zero-order valence-electron chi connectivity index (χ0n) is 16.7. The van der Waals surface area contributed by atoms with Gasteiger partial charge in [-0.1, -0.05) is 32.0 Å². The Kier molecular flexibility index (Phi) is 6.63. The summed E-state index contributed by atoms with van der Waals surface area (Å²) in [6.45, 7) is 10.7. The van der Waals surface area contributed by atoms with Crippen molar-refractivity contribution in [3.8, 4) is 0 Å². The van der Waals surface area contributed by atoms with Gasteiger partial charge in [0.15, 0.2) is 0 Å². The predicted octanol–water partition coefficient (Wildman–Crippen LogP) is 2.32. The van der Waals surface area contributed by atoms with E-state index in [0.29, 0.717) is 12.5 Å². The Morgan fingerprint density at radius 3 is 2.44 bits per heavy atom. The molecule has 1 aromatic carbocycles. The summed E-state index contributed by atoms with van der Waals surface area (Å²) in [6.07, 6.45) is 3.91. The second-order valence-corrected chi connectivity index (χ2v) is 7.77. The Balaban J connectivity index is 1.46. The number of benzene rings is 1. The fraction of sp³-hybridized carbons (Fsp3) is 0.524. The van der Waals surface area contributed by atoms with Gasteiger partial charge in [0.05, 0.1) is 18.6 Å². The Bertz CT molecular complexity index is 719. The third kappa shape index (κ3) is 5.40. The lowest BCUT2D eigenvalue weighted by molar-refractivity contribution is -0.119. The smallest absolute Gasteiger partial charge is 0.240 e. The Hall–Kier alpha value is -2.18.